The molecule has 0 aromatic carbocycles. The topological polar surface area (TPSA) is 12.0 Å². The fourth-order valence-electron chi connectivity index (χ4n) is 2.11. The van der Waals surface area contributed by atoms with Crippen LogP contribution in [0, 0.1) is 5.92 Å². The van der Waals surface area contributed by atoms with Crippen LogP contribution in [0.15, 0.2) is 48.6 Å². The van der Waals surface area contributed by atoms with Crippen molar-refractivity contribution in [2.45, 2.75) is 38.5 Å². The number of hydrogen-bond acceptors (Lipinski definition) is 2. The van der Waals surface area contributed by atoms with Crippen molar-refractivity contribution in [3.8, 4) is 0 Å². The molecule has 1 N–H and O–H groups in total. The monoisotopic (exact) mass is 265 g/mol. The van der Waals surface area contributed by atoms with Crippen molar-refractivity contribution >= 4 is 12.6 Å². The van der Waals surface area contributed by atoms with Crippen LogP contribution in [0.25, 0.3) is 0 Å². The van der Waals surface area contributed by atoms with E-state index in [1.165, 1.54) is 5.57 Å². The number of hydrogen-bond donors (Lipinski definition) is 2. The first kappa shape index (κ1) is 17.3. The quantitative estimate of drug-likeness (QED) is 0.374. The van der Waals surface area contributed by atoms with Crippen LogP contribution in [0.1, 0.15) is 33.6 Å². The largest absolute Gasteiger partial charge is 0.306 e. The number of thiol groups is 1. The summed E-state index contributed by atoms with van der Waals surface area (Å²) in [6.45, 7) is 18.1. The zero-order valence-corrected chi connectivity index (χ0v) is 13.1. The van der Waals surface area contributed by atoms with E-state index < -0.39 is 0 Å². The number of allylic oxidation sites excluding steroid dienone is 5. The van der Waals surface area contributed by atoms with E-state index in [1.807, 2.05) is 26.1 Å². The van der Waals surface area contributed by atoms with Crippen LogP contribution < -0.4 is 5.32 Å². The molecule has 102 valence electrons. The van der Waals surface area contributed by atoms with Crippen LogP contribution in [0.3, 0.4) is 0 Å². The van der Waals surface area contributed by atoms with Crippen LogP contribution in [0.4, 0.5) is 0 Å². The SMILES string of the molecule is C=C/C(CC(C)CC(C)(S)NC)=C(\C=C)C(=C)C. The Hall–Kier alpha value is -0.730. The molecular weight excluding hydrogens is 238 g/mol. The minimum absolute atomic E-state index is 0.136. The Labute approximate surface area is 118 Å². The van der Waals surface area contributed by atoms with E-state index in [4.69, 9.17) is 0 Å². The molecule has 0 fully saturated rings. The Morgan fingerprint density at radius 3 is 2.28 bits per heavy atom. The summed E-state index contributed by atoms with van der Waals surface area (Å²) in [5.74, 6) is 0.516. The summed E-state index contributed by atoms with van der Waals surface area (Å²) in [7, 11) is 1.94. The summed E-state index contributed by atoms with van der Waals surface area (Å²) in [5, 5.41) is 3.21. The first-order valence-corrected chi connectivity index (χ1v) is 6.77. The van der Waals surface area contributed by atoms with E-state index in [1.54, 1.807) is 0 Å². The van der Waals surface area contributed by atoms with Gasteiger partial charge in [0, 0.05) is 0 Å². The van der Waals surface area contributed by atoms with Gasteiger partial charge in [-0.05, 0) is 50.8 Å². The second kappa shape index (κ2) is 7.65. The van der Waals surface area contributed by atoms with Gasteiger partial charge in [0.15, 0.2) is 0 Å². The van der Waals surface area contributed by atoms with Crippen molar-refractivity contribution in [1.82, 2.24) is 5.32 Å². The molecule has 0 aliphatic rings. The van der Waals surface area contributed by atoms with E-state index in [9.17, 15) is 0 Å². The van der Waals surface area contributed by atoms with Crippen molar-refractivity contribution in [3.05, 3.63) is 48.6 Å². The summed E-state index contributed by atoms with van der Waals surface area (Å²) < 4.78 is 0. The van der Waals surface area contributed by atoms with E-state index >= 15 is 0 Å². The van der Waals surface area contributed by atoms with Crippen LogP contribution in [-0.4, -0.2) is 11.9 Å². The maximum Gasteiger partial charge on any atom is 0.0587 e. The Morgan fingerprint density at radius 1 is 1.39 bits per heavy atom. The molecule has 0 saturated carbocycles. The molecule has 2 heteroatoms. The molecule has 0 bridgehead atoms. The molecule has 0 aromatic rings. The first-order chi connectivity index (χ1) is 8.27. The fourth-order valence-corrected chi connectivity index (χ4v) is 2.42. The maximum atomic E-state index is 4.60. The second-order valence-electron chi connectivity index (χ2n) is 5.16. The molecule has 0 aromatic heterocycles. The van der Waals surface area contributed by atoms with E-state index in [-0.39, 0.29) is 4.87 Å². The summed E-state index contributed by atoms with van der Waals surface area (Å²) in [6, 6.07) is 0. The van der Waals surface area contributed by atoms with Crippen molar-refractivity contribution < 1.29 is 0 Å². The normalized spacial score (nSPS) is 17.4. The minimum Gasteiger partial charge on any atom is -0.306 e. The van der Waals surface area contributed by atoms with Gasteiger partial charge in [0.05, 0.1) is 4.87 Å². The van der Waals surface area contributed by atoms with Crippen LogP contribution >= 0.6 is 12.6 Å². The molecule has 1 nitrogen and oxygen atoms in total. The van der Waals surface area contributed by atoms with Crippen molar-refractivity contribution in [2.75, 3.05) is 7.05 Å². The molecule has 0 spiro atoms. The highest BCUT2D eigenvalue weighted by atomic mass is 32.1. The number of rotatable bonds is 8. The minimum atomic E-state index is -0.136. The van der Waals surface area contributed by atoms with E-state index in [0.717, 1.165) is 24.0 Å². The summed E-state index contributed by atoms with van der Waals surface area (Å²) in [4.78, 5) is -0.136. The van der Waals surface area contributed by atoms with E-state index in [2.05, 4.69) is 51.5 Å². The lowest BCUT2D eigenvalue weighted by molar-refractivity contribution is 0.412. The van der Waals surface area contributed by atoms with Crippen molar-refractivity contribution in [3.63, 3.8) is 0 Å². The van der Waals surface area contributed by atoms with Gasteiger partial charge in [0.25, 0.3) is 0 Å². The van der Waals surface area contributed by atoms with Gasteiger partial charge < -0.3 is 5.32 Å². The highest BCUT2D eigenvalue weighted by Gasteiger charge is 2.20. The third-order valence-electron chi connectivity index (χ3n) is 3.11. The standard InChI is InChI=1S/C16H27NS/c1-8-14(15(9-2)12(3)4)10-13(5)11-16(6,18)17-7/h8-9,13,17-18H,1-3,10-11H2,4-7H3/b15-14-. The third kappa shape index (κ3) is 5.74. The molecule has 0 aliphatic carbocycles. The average molecular weight is 265 g/mol. The lowest BCUT2D eigenvalue weighted by Gasteiger charge is -2.27. The van der Waals surface area contributed by atoms with Gasteiger partial charge in [-0.25, -0.2) is 0 Å². The zero-order valence-electron chi connectivity index (χ0n) is 12.2. The fraction of sp³-hybridized carbons (Fsp3) is 0.500. The lowest BCUT2D eigenvalue weighted by Crippen LogP contribution is -2.35. The predicted octanol–water partition coefficient (Wildman–Crippen LogP) is 4.51. The highest BCUT2D eigenvalue weighted by molar-refractivity contribution is 7.81. The smallest absolute Gasteiger partial charge is 0.0587 e. The third-order valence-corrected chi connectivity index (χ3v) is 3.52. The van der Waals surface area contributed by atoms with Gasteiger partial charge in [-0.3, -0.25) is 0 Å². The molecule has 2 atom stereocenters. The van der Waals surface area contributed by atoms with Gasteiger partial charge in [0.1, 0.15) is 0 Å². The zero-order chi connectivity index (χ0) is 14.3. The highest BCUT2D eigenvalue weighted by Crippen LogP contribution is 2.28. The number of nitrogens with one attached hydrogen (secondary N) is 1. The van der Waals surface area contributed by atoms with Gasteiger partial charge in [-0.1, -0.05) is 44.4 Å². The maximum absolute atomic E-state index is 4.60. The molecule has 0 radical (unpaired) electrons. The Morgan fingerprint density at radius 2 is 1.94 bits per heavy atom. The Bertz CT molecular complexity index is 350. The molecule has 0 heterocycles. The molecule has 0 rings (SSSR count). The molecular formula is C16H27NS. The van der Waals surface area contributed by atoms with Gasteiger partial charge in [-0.2, -0.15) is 12.6 Å². The van der Waals surface area contributed by atoms with Crippen LogP contribution in [0.2, 0.25) is 0 Å². The Balaban J connectivity index is 4.89. The van der Waals surface area contributed by atoms with Crippen molar-refractivity contribution in [1.29, 1.82) is 0 Å². The Kier molecular flexibility index (Phi) is 7.34. The summed E-state index contributed by atoms with van der Waals surface area (Å²) in [5.41, 5.74) is 3.36. The summed E-state index contributed by atoms with van der Waals surface area (Å²) in [6.07, 6.45) is 5.74. The molecule has 0 amide bonds. The summed E-state index contributed by atoms with van der Waals surface area (Å²) >= 11 is 4.60. The molecule has 0 saturated heterocycles. The average Bonchev–Trinajstić information content (AvgIpc) is 2.27. The molecule has 18 heavy (non-hydrogen) atoms. The lowest BCUT2D eigenvalue weighted by atomic mass is 9.90. The van der Waals surface area contributed by atoms with Crippen LogP contribution in [-0.2, 0) is 0 Å². The van der Waals surface area contributed by atoms with Crippen LogP contribution in [0.5, 0.6) is 0 Å². The van der Waals surface area contributed by atoms with E-state index in [0.29, 0.717) is 5.92 Å². The predicted molar refractivity (Wildman–Crippen MR) is 87.1 cm³/mol. The second-order valence-corrected chi connectivity index (χ2v) is 6.15. The molecule has 2 unspecified atom stereocenters. The van der Waals surface area contributed by atoms with Gasteiger partial charge in [0.2, 0.25) is 0 Å². The van der Waals surface area contributed by atoms with Gasteiger partial charge in [-0.15, -0.1) is 0 Å². The molecule has 0 aliphatic heterocycles. The van der Waals surface area contributed by atoms with Gasteiger partial charge >= 0.3 is 0 Å². The first-order valence-electron chi connectivity index (χ1n) is 6.32. The van der Waals surface area contributed by atoms with Crippen molar-refractivity contribution in [2.24, 2.45) is 5.92 Å².